The molecule has 0 bridgehead atoms. The summed E-state index contributed by atoms with van der Waals surface area (Å²) >= 11 is 1.09. The average molecular weight is 375 g/mol. The van der Waals surface area contributed by atoms with E-state index in [2.05, 4.69) is 33.9 Å². The van der Waals surface area contributed by atoms with E-state index in [1.165, 1.54) is 18.7 Å². The SMILES string of the molecule is COC(=O)Cc1cc(=O)[nH]c(SCC(=O)Nc2ccc(C(C)C)cc2)n1. The lowest BCUT2D eigenvalue weighted by atomic mass is 10.0. The van der Waals surface area contributed by atoms with Gasteiger partial charge in [0.15, 0.2) is 5.16 Å². The summed E-state index contributed by atoms with van der Waals surface area (Å²) in [6.07, 6.45) is -0.0949. The molecule has 1 aromatic carbocycles. The molecule has 0 aliphatic carbocycles. The van der Waals surface area contributed by atoms with Crippen LogP contribution in [0.1, 0.15) is 31.0 Å². The summed E-state index contributed by atoms with van der Waals surface area (Å²) in [6, 6.07) is 8.90. The number of amides is 1. The van der Waals surface area contributed by atoms with Gasteiger partial charge in [-0.2, -0.15) is 0 Å². The van der Waals surface area contributed by atoms with Crippen LogP contribution in [0.4, 0.5) is 5.69 Å². The van der Waals surface area contributed by atoms with Crippen LogP contribution < -0.4 is 10.9 Å². The number of nitrogens with zero attached hydrogens (tertiary/aromatic N) is 1. The van der Waals surface area contributed by atoms with Crippen LogP contribution in [0.3, 0.4) is 0 Å². The summed E-state index contributed by atoms with van der Waals surface area (Å²) < 4.78 is 4.56. The number of anilines is 1. The second-order valence-corrected chi connectivity index (χ2v) is 6.87. The van der Waals surface area contributed by atoms with Crippen molar-refractivity contribution in [1.82, 2.24) is 9.97 Å². The minimum atomic E-state index is -0.485. The maximum Gasteiger partial charge on any atom is 0.311 e. The smallest absolute Gasteiger partial charge is 0.311 e. The predicted octanol–water partition coefficient (Wildman–Crippen LogP) is 2.34. The largest absolute Gasteiger partial charge is 0.469 e. The van der Waals surface area contributed by atoms with Gasteiger partial charge < -0.3 is 15.0 Å². The van der Waals surface area contributed by atoms with E-state index in [4.69, 9.17) is 0 Å². The van der Waals surface area contributed by atoms with Gasteiger partial charge in [0.2, 0.25) is 5.91 Å². The van der Waals surface area contributed by atoms with Gasteiger partial charge in [0, 0.05) is 11.8 Å². The number of ether oxygens (including phenoxy) is 1. The van der Waals surface area contributed by atoms with Crippen molar-refractivity contribution in [3.8, 4) is 0 Å². The van der Waals surface area contributed by atoms with Gasteiger partial charge in [-0.25, -0.2) is 4.98 Å². The van der Waals surface area contributed by atoms with Gasteiger partial charge in [-0.1, -0.05) is 37.7 Å². The van der Waals surface area contributed by atoms with Crippen LogP contribution in [-0.4, -0.2) is 34.7 Å². The van der Waals surface area contributed by atoms with E-state index in [9.17, 15) is 14.4 Å². The van der Waals surface area contributed by atoms with Crippen molar-refractivity contribution in [3.63, 3.8) is 0 Å². The number of carbonyl (C=O) groups is 2. The van der Waals surface area contributed by atoms with E-state index >= 15 is 0 Å². The van der Waals surface area contributed by atoms with Crippen molar-refractivity contribution >= 4 is 29.3 Å². The van der Waals surface area contributed by atoms with Gasteiger partial charge in [-0.15, -0.1) is 0 Å². The quantitative estimate of drug-likeness (QED) is 0.438. The minimum absolute atomic E-state index is 0.0799. The Kier molecular flexibility index (Phi) is 6.97. The topological polar surface area (TPSA) is 101 Å². The second kappa shape index (κ2) is 9.19. The fourth-order valence-corrected chi connectivity index (χ4v) is 2.84. The van der Waals surface area contributed by atoms with Gasteiger partial charge in [0.25, 0.3) is 5.56 Å². The highest BCUT2D eigenvalue weighted by atomic mass is 32.2. The third-order valence-electron chi connectivity index (χ3n) is 3.53. The number of aromatic amines is 1. The van der Waals surface area contributed by atoms with Crippen LogP contribution in [0.15, 0.2) is 40.3 Å². The molecular weight excluding hydrogens is 354 g/mol. The number of carbonyl (C=O) groups excluding carboxylic acids is 2. The normalized spacial score (nSPS) is 10.6. The van der Waals surface area contributed by atoms with Crippen LogP contribution in [0.5, 0.6) is 0 Å². The molecule has 0 aliphatic rings. The molecule has 0 fully saturated rings. The Morgan fingerprint density at radius 3 is 2.58 bits per heavy atom. The summed E-state index contributed by atoms with van der Waals surface area (Å²) in [5.41, 5.74) is 1.82. The van der Waals surface area contributed by atoms with Crippen LogP contribution in [0.25, 0.3) is 0 Å². The zero-order valence-electron chi connectivity index (χ0n) is 14.9. The fraction of sp³-hybridized carbons (Fsp3) is 0.333. The van der Waals surface area contributed by atoms with Crippen LogP contribution in [0.2, 0.25) is 0 Å². The van der Waals surface area contributed by atoms with E-state index in [1.54, 1.807) is 0 Å². The Hall–Kier alpha value is -2.61. The number of H-pyrrole nitrogens is 1. The van der Waals surface area contributed by atoms with E-state index < -0.39 is 5.97 Å². The fourth-order valence-electron chi connectivity index (χ4n) is 2.14. The molecule has 138 valence electrons. The molecule has 8 heteroatoms. The highest BCUT2D eigenvalue weighted by Gasteiger charge is 2.10. The molecule has 0 unspecified atom stereocenters. The first-order valence-corrected chi connectivity index (χ1v) is 9.05. The van der Waals surface area contributed by atoms with Crippen molar-refractivity contribution in [2.45, 2.75) is 31.3 Å². The lowest BCUT2D eigenvalue weighted by Gasteiger charge is -2.08. The first-order valence-electron chi connectivity index (χ1n) is 8.07. The Morgan fingerprint density at radius 1 is 1.27 bits per heavy atom. The van der Waals surface area contributed by atoms with Crippen LogP contribution in [-0.2, 0) is 20.7 Å². The molecule has 0 saturated heterocycles. The highest BCUT2D eigenvalue weighted by Crippen LogP contribution is 2.18. The number of benzene rings is 1. The number of hydrogen-bond acceptors (Lipinski definition) is 6. The Labute approximate surface area is 155 Å². The molecule has 2 aromatic rings. The van der Waals surface area contributed by atoms with E-state index in [1.807, 2.05) is 24.3 Å². The standard InChI is InChI=1S/C18H21N3O4S/c1-11(2)12-4-6-13(7-5-12)19-16(23)10-26-18-20-14(8-15(22)21-18)9-17(24)25-3/h4-8,11H,9-10H2,1-3H3,(H,19,23)(H,20,21,22). The van der Waals surface area contributed by atoms with Gasteiger partial charge in [0.1, 0.15) is 0 Å². The van der Waals surface area contributed by atoms with E-state index in [0.717, 1.165) is 11.8 Å². The van der Waals surface area contributed by atoms with Crippen molar-refractivity contribution < 1.29 is 14.3 Å². The van der Waals surface area contributed by atoms with Crippen molar-refractivity contribution in [2.75, 3.05) is 18.2 Å². The Bertz CT molecular complexity index is 831. The number of hydrogen-bond donors (Lipinski definition) is 2. The molecule has 26 heavy (non-hydrogen) atoms. The summed E-state index contributed by atoms with van der Waals surface area (Å²) in [5, 5.41) is 3.07. The van der Waals surface area contributed by atoms with Gasteiger partial charge in [-0.05, 0) is 23.6 Å². The van der Waals surface area contributed by atoms with Gasteiger partial charge in [0.05, 0.1) is 25.0 Å². The first kappa shape index (κ1) is 19.7. The predicted molar refractivity (Wildman–Crippen MR) is 100 cm³/mol. The van der Waals surface area contributed by atoms with Crippen molar-refractivity contribution in [1.29, 1.82) is 0 Å². The van der Waals surface area contributed by atoms with E-state index in [-0.39, 0.29) is 28.8 Å². The molecule has 0 atom stereocenters. The molecule has 7 nitrogen and oxygen atoms in total. The van der Waals surface area contributed by atoms with Crippen molar-refractivity contribution in [3.05, 3.63) is 51.9 Å². The lowest BCUT2D eigenvalue weighted by molar-refractivity contribution is -0.139. The maximum absolute atomic E-state index is 12.1. The zero-order valence-corrected chi connectivity index (χ0v) is 15.7. The molecule has 2 N–H and O–H groups in total. The summed E-state index contributed by atoms with van der Waals surface area (Å²) in [6.45, 7) is 4.21. The number of aromatic nitrogens is 2. The Morgan fingerprint density at radius 2 is 1.96 bits per heavy atom. The Balaban J connectivity index is 1.94. The minimum Gasteiger partial charge on any atom is -0.469 e. The monoisotopic (exact) mass is 375 g/mol. The summed E-state index contributed by atoms with van der Waals surface area (Å²) in [7, 11) is 1.27. The molecule has 0 aliphatic heterocycles. The number of rotatable bonds is 7. The van der Waals surface area contributed by atoms with E-state index in [0.29, 0.717) is 17.3 Å². The molecule has 1 heterocycles. The molecule has 1 aromatic heterocycles. The molecular formula is C18H21N3O4S. The van der Waals surface area contributed by atoms with Crippen LogP contribution >= 0.6 is 11.8 Å². The molecule has 0 saturated carbocycles. The van der Waals surface area contributed by atoms with Gasteiger partial charge >= 0.3 is 5.97 Å². The summed E-state index contributed by atoms with van der Waals surface area (Å²) in [5.74, 6) is -0.193. The average Bonchev–Trinajstić information content (AvgIpc) is 2.60. The second-order valence-electron chi connectivity index (χ2n) is 5.91. The summed E-state index contributed by atoms with van der Waals surface area (Å²) in [4.78, 5) is 41.7. The van der Waals surface area contributed by atoms with Crippen molar-refractivity contribution in [2.24, 2.45) is 0 Å². The molecule has 2 rings (SSSR count). The molecule has 0 spiro atoms. The number of thioether (sulfide) groups is 1. The number of esters is 1. The van der Waals surface area contributed by atoms with Crippen LogP contribution in [0, 0.1) is 0 Å². The highest BCUT2D eigenvalue weighted by molar-refractivity contribution is 7.99. The molecule has 1 amide bonds. The number of nitrogens with one attached hydrogen (secondary N) is 2. The molecule has 0 radical (unpaired) electrons. The third-order valence-corrected chi connectivity index (χ3v) is 4.40. The zero-order chi connectivity index (χ0) is 19.1. The first-order chi connectivity index (χ1) is 12.4. The lowest BCUT2D eigenvalue weighted by Crippen LogP contribution is -2.17. The van der Waals surface area contributed by atoms with Gasteiger partial charge in [-0.3, -0.25) is 14.4 Å². The third kappa shape index (κ3) is 6.03. The maximum atomic E-state index is 12.1. The number of methoxy groups -OCH3 is 1.